The van der Waals surface area contributed by atoms with Gasteiger partial charge in [-0.3, -0.25) is 0 Å². The molecule has 1 aliphatic rings. The number of hydrogen-bond acceptors (Lipinski definition) is 3. The highest BCUT2D eigenvalue weighted by Crippen LogP contribution is 2.36. The summed E-state index contributed by atoms with van der Waals surface area (Å²) < 4.78 is 5.64. The number of ether oxygens (including phenoxy) is 1. The Bertz CT molecular complexity index is 385. The minimum Gasteiger partial charge on any atom is -0.488 e. The Labute approximate surface area is 92.4 Å². The summed E-state index contributed by atoms with van der Waals surface area (Å²) in [6.07, 6.45) is 4.20. The van der Waals surface area contributed by atoms with Crippen molar-refractivity contribution in [3.05, 3.63) is 23.8 Å². The van der Waals surface area contributed by atoms with Gasteiger partial charge in [-0.15, -0.1) is 11.8 Å². The van der Waals surface area contributed by atoms with E-state index in [9.17, 15) is 4.79 Å². The van der Waals surface area contributed by atoms with Crippen LogP contribution < -0.4 is 4.74 Å². The van der Waals surface area contributed by atoms with Crippen molar-refractivity contribution in [2.45, 2.75) is 23.8 Å². The maximum absolute atomic E-state index is 11.0. The summed E-state index contributed by atoms with van der Waals surface area (Å²) in [6.45, 7) is 0. The first-order valence-corrected chi connectivity index (χ1v) is 6.02. The Kier molecular flexibility index (Phi) is 2.86. The fourth-order valence-electron chi connectivity index (χ4n) is 1.32. The van der Waals surface area contributed by atoms with Crippen LogP contribution in [0.5, 0.6) is 5.75 Å². The maximum atomic E-state index is 11.0. The van der Waals surface area contributed by atoms with Crippen LogP contribution in [0.1, 0.15) is 23.2 Å². The van der Waals surface area contributed by atoms with Gasteiger partial charge < -0.3 is 9.84 Å². The molecule has 0 bridgehead atoms. The average molecular weight is 224 g/mol. The van der Waals surface area contributed by atoms with Gasteiger partial charge in [0.05, 0.1) is 11.0 Å². The van der Waals surface area contributed by atoms with E-state index in [1.54, 1.807) is 12.1 Å². The van der Waals surface area contributed by atoms with E-state index in [0.29, 0.717) is 5.75 Å². The Balaban J connectivity index is 2.38. The molecule has 4 heteroatoms. The first-order valence-electron chi connectivity index (χ1n) is 4.79. The van der Waals surface area contributed by atoms with Gasteiger partial charge in [0.25, 0.3) is 0 Å². The minimum absolute atomic E-state index is 0.219. The number of benzene rings is 1. The van der Waals surface area contributed by atoms with Crippen LogP contribution in [-0.4, -0.2) is 23.4 Å². The fraction of sp³-hybridized carbons (Fsp3) is 0.364. The smallest absolute Gasteiger partial charge is 0.339 e. The normalized spacial score (nSPS) is 15.0. The van der Waals surface area contributed by atoms with E-state index in [1.807, 2.05) is 12.3 Å². The summed E-state index contributed by atoms with van der Waals surface area (Å²) in [4.78, 5) is 11.9. The number of rotatable bonds is 4. The molecule has 0 aliphatic heterocycles. The van der Waals surface area contributed by atoms with Crippen LogP contribution in [0, 0.1) is 0 Å². The zero-order valence-corrected chi connectivity index (χ0v) is 9.21. The van der Waals surface area contributed by atoms with E-state index < -0.39 is 5.97 Å². The lowest BCUT2D eigenvalue weighted by Gasteiger charge is -2.11. The van der Waals surface area contributed by atoms with Gasteiger partial charge in [0.1, 0.15) is 11.3 Å². The zero-order chi connectivity index (χ0) is 10.8. The van der Waals surface area contributed by atoms with Crippen LogP contribution in [0.4, 0.5) is 0 Å². The topological polar surface area (TPSA) is 46.5 Å². The first kappa shape index (κ1) is 10.4. The summed E-state index contributed by atoms with van der Waals surface area (Å²) >= 11 is 1.51. The largest absolute Gasteiger partial charge is 0.488 e. The fourth-order valence-corrected chi connectivity index (χ4v) is 1.88. The maximum Gasteiger partial charge on any atom is 0.339 e. The predicted molar refractivity (Wildman–Crippen MR) is 58.8 cm³/mol. The molecule has 0 radical (unpaired) electrons. The van der Waals surface area contributed by atoms with Crippen molar-refractivity contribution in [2.75, 3.05) is 6.26 Å². The number of carbonyl (C=O) groups is 1. The molecule has 0 aromatic heterocycles. The van der Waals surface area contributed by atoms with Crippen molar-refractivity contribution in [3.63, 3.8) is 0 Å². The Morgan fingerprint density at radius 3 is 2.80 bits per heavy atom. The molecule has 3 nitrogen and oxygen atoms in total. The molecule has 1 aromatic rings. The minimum atomic E-state index is -0.929. The van der Waals surface area contributed by atoms with Crippen LogP contribution >= 0.6 is 11.8 Å². The molecule has 0 heterocycles. The number of para-hydroxylation sites is 1. The van der Waals surface area contributed by atoms with Crippen LogP contribution in [0.3, 0.4) is 0 Å². The van der Waals surface area contributed by atoms with Gasteiger partial charge in [-0.1, -0.05) is 6.07 Å². The Morgan fingerprint density at radius 2 is 2.27 bits per heavy atom. The van der Waals surface area contributed by atoms with E-state index >= 15 is 0 Å². The third kappa shape index (κ3) is 2.26. The van der Waals surface area contributed by atoms with Crippen LogP contribution in [0.25, 0.3) is 0 Å². The lowest BCUT2D eigenvalue weighted by atomic mass is 10.2. The van der Waals surface area contributed by atoms with Crippen molar-refractivity contribution in [1.29, 1.82) is 0 Å². The quantitative estimate of drug-likeness (QED) is 0.799. The second-order valence-electron chi connectivity index (χ2n) is 3.46. The van der Waals surface area contributed by atoms with Crippen molar-refractivity contribution < 1.29 is 14.6 Å². The van der Waals surface area contributed by atoms with Gasteiger partial charge >= 0.3 is 5.97 Å². The van der Waals surface area contributed by atoms with Crippen LogP contribution in [0.2, 0.25) is 0 Å². The van der Waals surface area contributed by atoms with E-state index in [0.717, 1.165) is 17.7 Å². The van der Waals surface area contributed by atoms with Gasteiger partial charge in [-0.05, 0) is 31.2 Å². The second kappa shape index (κ2) is 4.14. The molecule has 0 spiro atoms. The number of hydrogen-bond donors (Lipinski definition) is 1. The Hall–Kier alpha value is -1.16. The number of aromatic carboxylic acids is 1. The van der Waals surface area contributed by atoms with E-state index in [4.69, 9.17) is 9.84 Å². The third-order valence-electron chi connectivity index (χ3n) is 2.24. The molecule has 0 atom stereocenters. The molecule has 1 aromatic carbocycles. The van der Waals surface area contributed by atoms with Gasteiger partial charge in [0, 0.05) is 0 Å². The number of carboxylic acid groups (broad SMARTS) is 1. The van der Waals surface area contributed by atoms with Gasteiger partial charge in [0.15, 0.2) is 0 Å². The summed E-state index contributed by atoms with van der Waals surface area (Å²) in [5.74, 6) is -0.401. The molecule has 1 aliphatic carbocycles. The molecule has 1 N–H and O–H groups in total. The van der Waals surface area contributed by atoms with Crippen molar-refractivity contribution in [2.24, 2.45) is 0 Å². The molecule has 0 saturated heterocycles. The highest BCUT2D eigenvalue weighted by Gasteiger charge is 2.27. The van der Waals surface area contributed by atoms with E-state index in [-0.39, 0.29) is 11.7 Å². The summed E-state index contributed by atoms with van der Waals surface area (Å²) in [5, 5.41) is 9.03. The second-order valence-corrected chi connectivity index (χ2v) is 4.31. The SMILES string of the molecule is CSc1cccc(C(=O)O)c1OC1CC1. The van der Waals surface area contributed by atoms with Crippen molar-refractivity contribution in [3.8, 4) is 5.75 Å². The number of carboxylic acids is 1. The molecule has 15 heavy (non-hydrogen) atoms. The molecule has 1 fully saturated rings. The van der Waals surface area contributed by atoms with Gasteiger partial charge in [-0.25, -0.2) is 4.79 Å². The highest BCUT2D eigenvalue weighted by atomic mass is 32.2. The standard InChI is InChI=1S/C11H12O3S/c1-15-9-4-2-3-8(11(12)13)10(9)14-7-5-6-7/h2-4,7H,5-6H2,1H3,(H,12,13). The van der Waals surface area contributed by atoms with Gasteiger partial charge in [0.2, 0.25) is 0 Å². The Morgan fingerprint density at radius 1 is 1.53 bits per heavy atom. The third-order valence-corrected chi connectivity index (χ3v) is 3.00. The van der Waals surface area contributed by atoms with E-state index in [2.05, 4.69) is 0 Å². The summed E-state index contributed by atoms with van der Waals surface area (Å²) in [6, 6.07) is 5.21. The lowest BCUT2D eigenvalue weighted by Crippen LogP contribution is -2.05. The lowest BCUT2D eigenvalue weighted by molar-refractivity contribution is 0.0691. The van der Waals surface area contributed by atoms with E-state index in [1.165, 1.54) is 11.8 Å². The van der Waals surface area contributed by atoms with Crippen molar-refractivity contribution in [1.82, 2.24) is 0 Å². The highest BCUT2D eigenvalue weighted by molar-refractivity contribution is 7.98. The monoisotopic (exact) mass is 224 g/mol. The summed E-state index contributed by atoms with van der Waals surface area (Å²) in [7, 11) is 0. The predicted octanol–water partition coefficient (Wildman–Crippen LogP) is 2.65. The molecule has 0 amide bonds. The molecular weight excluding hydrogens is 212 g/mol. The van der Waals surface area contributed by atoms with Crippen LogP contribution in [0.15, 0.2) is 23.1 Å². The first-order chi connectivity index (χ1) is 7.22. The summed E-state index contributed by atoms with van der Waals surface area (Å²) in [5.41, 5.74) is 0.258. The molecule has 2 rings (SSSR count). The average Bonchev–Trinajstić information content (AvgIpc) is 3.01. The molecular formula is C11H12O3S. The molecule has 1 saturated carbocycles. The molecule has 80 valence electrons. The zero-order valence-electron chi connectivity index (χ0n) is 8.40. The molecule has 0 unspecified atom stereocenters. The van der Waals surface area contributed by atoms with Gasteiger partial charge in [-0.2, -0.15) is 0 Å². The van der Waals surface area contributed by atoms with Crippen LogP contribution in [-0.2, 0) is 0 Å². The number of thioether (sulfide) groups is 1. The van der Waals surface area contributed by atoms with Crippen molar-refractivity contribution >= 4 is 17.7 Å².